The van der Waals surface area contributed by atoms with E-state index in [1.165, 1.54) is 37.6 Å². The summed E-state index contributed by atoms with van der Waals surface area (Å²) in [5, 5.41) is 17.2. The lowest BCUT2D eigenvalue weighted by Gasteiger charge is -2.29. The SMILES string of the molecule is Cc1nnc(NCCNC2CCC3CCC2C3)c2cc3ccccn3c12. The van der Waals surface area contributed by atoms with Crippen molar-refractivity contribution in [3.63, 3.8) is 0 Å². The predicted molar refractivity (Wildman–Crippen MR) is 106 cm³/mol. The van der Waals surface area contributed by atoms with Gasteiger partial charge in [-0.15, -0.1) is 5.10 Å². The Kier molecular flexibility index (Phi) is 4.04. The van der Waals surface area contributed by atoms with E-state index in [-0.39, 0.29) is 0 Å². The quantitative estimate of drug-likeness (QED) is 0.689. The third kappa shape index (κ3) is 2.75. The zero-order chi connectivity index (χ0) is 17.5. The van der Waals surface area contributed by atoms with E-state index >= 15 is 0 Å². The maximum atomic E-state index is 4.42. The Bertz CT molecular complexity index is 931. The van der Waals surface area contributed by atoms with Crippen molar-refractivity contribution in [3.8, 4) is 0 Å². The van der Waals surface area contributed by atoms with Crippen LogP contribution in [0.4, 0.5) is 5.82 Å². The Morgan fingerprint density at radius 1 is 1.12 bits per heavy atom. The standard InChI is InChI=1S/C21H27N5/c1-14-20-18(13-17-4-2-3-11-26(17)20)21(25-24-14)23-10-9-22-19-8-6-15-5-7-16(19)12-15/h2-4,11,13,15-16,19,22H,5-10,12H2,1H3,(H,23,25). The molecule has 2 N–H and O–H groups in total. The fourth-order valence-electron chi connectivity index (χ4n) is 5.13. The second kappa shape index (κ2) is 6.54. The van der Waals surface area contributed by atoms with Crippen molar-refractivity contribution in [2.45, 2.75) is 45.1 Å². The molecule has 2 fully saturated rings. The summed E-state index contributed by atoms with van der Waals surface area (Å²) < 4.78 is 2.20. The first kappa shape index (κ1) is 16.1. The second-order valence-corrected chi connectivity index (χ2v) is 8.04. The highest BCUT2D eigenvalue weighted by Gasteiger charge is 2.35. The third-order valence-electron chi connectivity index (χ3n) is 6.44. The first-order chi connectivity index (χ1) is 12.8. The lowest BCUT2D eigenvalue weighted by Crippen LogP contribution is -2.39. The molecule has 0 saturated heterocycles. The van der Waals surface area contributed by atoms with Crippen LogP contribution in [0.3, 0.4) is 0 Å². The number of nitrogens with one attached hydrogen (secondary N) is 2. The van der Waals surface area contributed by atoms with E-state index in [9.17, 15) is 0 Å². The topological polar surface area (TPSA) is 54.2 Å². The molecule has 3 atom stereocenters. The second-order valence-electron chi connectivity index (χ2n) is 8.04. The molecule has 5 rings (SSSR count). The maximum Gasteiger partial charge on any atom is 0.158 e. The molecule has 3 aromatic heterocycles. The molecular formula is C21H27N5. The number of aromatic nitrogens is 3. The van der Waals surface area contributed by atoms with Gasteiger partial charge in [0.1, 0.15) is 0 Å². The van der Waals surface area contributed by atoms with E-state index in [1.54, 1.807) is 0 Å². The van der Waals surface area contributed by atoms with Gasteiger partial charge in [0.25, 0.3) is 0 Å². The number of pyridine rings is 1. The summed E-state index contributed by atoms with van der Waals surface area (Å²) in [6, 6.07) is 9.17. The van der Waals surface area contributed by atoms with Crippen molar-refractivity contribution in [3.05, 3.63) is 36.2 Å². The Morgan fingerprint density at radius 3 is 3.00 bits per heavy atom. The highest BCUT2D eigenvalue weighted by molar-refractivity contribution is 5.96. The molecule has 0 amide bonds. The van der Waals surface area contributed by atoms with Gasteiger partial charge in [0, 0.05) is 36.2 Å². The molecule has 5 nitrogen and oxygen atoms in total. The van der Waals surface area contributed by atoms with E-state index in [0.717, 1.165) is 53.4 Å². The molecule has 3 aromatic rings. The third-order valence-corrected chi connectivity index (χ3v) is 6.44. The first-order valence-electron chi connectivity index (χ1n) is 10.00. The van der Waals surface area contributed by atoms with Gasteiger partial charge in [0.2, 0.25) is 0 Å². The number of hydrogen-bond acceptors (Lipinski definition) is 4. The number of fused-ring (bicyclic) bond motifs is 5. The minimum atomic E-state index is 0.719. The zero-order valence-electron chi connectivity index (χ0n) is 15.4. The Labute approximate surface area is 154 Å². The molecule has 26 heavy (non-hydrogen) atoms. The smallest absolute Gasteiger partial charge is 0.158 e. The highest BCUT2D eigenvalue weighted by atomic mass is 15.2. The van der Waals surface area contributed by atoms with Crippen LogP contribution in [-0.4, -0.2) is 33.7 Å². The van der Waals surface area contributed by atoms with Gasteiger partial charge >= 0.3 is 0 Å². The van der Waals surface area contributed by atoms with Crippen molar-refractivity contribution in [1.29, 1.82) is 0 Å². The molecule has 0 aliphatic heterocycles. The van der Waals surface area contributed by atoms with Crippen LogP contribution < -0.4 is 10.6 Å². The summed E-state index contributed by atoms with van der Waals surface area (Å²) in [5.41, 5.74) is 3.29. The van der Waals surface area contributed by atoms with Crippen LogP contribution in [0, 0.1) is 18.8 Å². The number of aryl methyl sites for hydroxylation is 1. The summed E-state index contributed by atoms with van der Waals surface area (Å²) in [7, 11) is 0. The van der Waals surface area contributed by atoms with E-state index in [4.69, 9.17) is 0 Å². The highest BCUT2D eigenvalue weighted by Crippen LogP contribution is 2.41. The van der Waals surface area contributed by atoms with Crippen LogP contribution in [0.1, 0.15) is 37.8 Å². The molecule has 0 aromatic carbocycles. The molecule has 5 heteroatoms. The van der Waals surface area contributed by atoms with E-state index in [0.29, 0.717) is 0 Å². The average Bonchev–Trinajstić information content (AvgIpc) is 3.24. The van der Waals surface area contributed by atoms with Gasteiger partial charge in [-0.1, -0.05) is 12.5 Å². The summed E-state index contributed by atoms with van der Waals surface area (Å²) in [6.45, 7) is 3.89. The monoisotopic (exact) mass is 349 g/mol. The Hall–Kier alpha value is -2.14. The van der Waals surface area contributed by atoms with Crippen molar-refractivity contribution < 1.29 is 0 Å². The van der Waals surface area contributed by atoms with Crippen LogP contribution in [0.5, 0.6) is 0 Å². The van der Waals surface area contributed by atoms with Crippen molar-refractivity contribution in [2.75, 3.05) is 18.4 Å². The predicted octanol–water partition coefficient (Wildman–Crippen LogP) is 3.77. The average molecular weight is 349 g/mol. The molecule has 2 aliphatic carbocycles. The van der Waals surface area contributed by atoms with E-state index in [1.807, 2.05) is 6.92 Å². The minimum Gasteiger partial charge on any atom is -0.367 e. The largest absolute Gasteiger partial charge is 0.367 e. The van der Waals surface area contributed by atoms with Crippen molar-refractivity contribution >= 4 is 22.2 Å². The van der Waals surface area contributed by atoms with Crippen molar-refractivity contribution in [1.82, 2.24) is 19.9 Å². The van der Waals surface area contributed by atoms with Crippen LogP contribution in [0.15, 0.2) is 30.5 Å². The van der Waals surface area contributed by atoms with E-state index in [2.05, 4.69) is 55.7 Å². The molecule has 2 aliphatic rings. The fourth-order valence-corrected chi connectivity index (χ4v) is 5.13. The van der Waals surface area contributed by atoms with E-state index < -0.39 is 0 Å². The Balaban J connectivity index is 1.28. The van der Waals surface area contributed by atoms with Gasteiger partial charge in [-0.3, -0.25) is 0 Å². The van der Waals surface area contributed by atoms with Crippen LogP contribution in [0.2, 0.25) is 0 Å². The molecule has 136 valence electrons. The normalized spacial score (nSPS) is 25.2. The fraction of sp³-hybridized carbons (Fsp3) is 0.524. The number of nitrogens with zero attached hydrogens (tertiary/aromatic N) is 3. The van der Waals surface area contributed by atoms with Gasteiger partial charge < -0.3 is 15.0 Å². The van der Waals surface area contributed by atoms with Gasteiger partial charge in [-0.2, -0.15) is 5.10 Å². The molecular weight excluding hydrogens is 322 g/mol. The van der Waals surface area contributed by atoms with Crippen molar-refractivity contribution in [2.24, 2.45) is 11.8 Å². The molecule has 0 radical (unpaired) electrons. The van der Waals surface area contributed by atoms with Crippen LogP contribution in [-0.2, 0) is 0 Å². The number of rotatable bonds is 5. The van der Waals surface area contributed by atoms with Crippen LogP contribution in [0.25, 0.3) is 16.4 Å². The maximum absolute atomic E-state index is 4.42. The van der Waals surface area contributed by atoms with Gasteiger partial charge in [-0.05, 0) is 62.6 Å². The van der Waals surface area contributed by atoms with Crippen LogP contribution >= 0.6 is 0 Å². The lowest BCUT2D eigenvalue weighted by molar-refractivity contribution is 0.272. The minimum absolute atomic E-state index is 0.719. The lowest BCUT2D eigenvalue weighted by atomic mass is 9.85. The Morgan fingerprint density at radius 2 is 2.04 bits per heavy atom. The number of hydrogen-bond donors (Lipinski definition) is 2. The first-order valence-corrected chi connectivity index (χ1v) is 10.00. The summed E-state index contributed by atoms with van der Waals surface area (Å²) in [5.74, 6) is 2.83. The number of anilines is 1. The molecule has 3 heterocycles. The zero-order valence-corrected chi connectivity index (χ0v) is 15.4. The summed E-state index contributed by atoms with van der Waals surface area (Å²) >= 11 is 0. The molecule has 2 saturated carbocycles. The summed E-state index contributed by atoms with van der Waals surface area (Å²) in [6.07, 6.45) is 9.21. The van der Waals surface area contributed by atoms with Gasteiger partial charge in [-0.25, -0.2) is 0 Å². The van der Waals surface area contributed by atoms with Gasteiger partial charge in [0.15, 0.2) is 5.82 Å². The molecule has 0 spiro atoms. The molecule has 3 unspecified atom stereocenters. The summed E-state index contributed by atoms with van der Waals surface area (Å²) in [4.78, 5) is 0. The van der Waals surface area contributed by atoms with Gasteiger partial charge in [0.05, 0.1) is 11.2 Å². The molecule has 2 bridgehead atoms.